The van der Waals surface area contributed by atoms with Crippen molar-refractivity contribution in [2.24, 2.45) is 5.92 Å². The lowest BCUT2D eigenvalue weighted by Gasteiger charge is -2.36. The summed E-state index contributed by atoms with van der Waals surface area (Å²) in [5.74, 6) is 0.993. The number of hydrogen-bond donors (Lipinski definition) is 1. The van der Waals surface area contributed by atoms with Crippen molar-refractivity contribution in [3.8, 4) is 11.6 Å². The molecular formula is C21H28N4O4. The van der Waals surface area contributed by atoms with Gasteiger partial charge in [0.05, 0.1) is 14.2 Å². The second-order valence-corrected chi connectivity index (χ2v) is 7.47. The molecule has 156 valence electrons. The van der Waals surface area contributed by atoms with Gasteiger partial charge in [0.2, 0.25) is 5.88 Å². The molecule has 29 heavy (non-hydrogen) atoms. The van der Waals surface area contributed by atoms with E-state index in [0.717, 1.165) is 11.4 Å². The second-order valence-electron chi connectivity index (χ2n) is 7.47. The molecule has 3 rings (SSSR count). The molecule has 0 radical (unpaired) electrons. The van der Waals surface area contributed by atoms with Gasteiger partial charge in [0.15, 0.2) is 5.69 Å². The van der Waals surface area contributed by atoms with Gasteiger partial charge in [-0.15, -0.1) is 0 Å². The summed E-state index contributed by atoms with van der Waals surface area (Å²) in [5, 5.41) is 0. The summed E-state index contributed by atoms with van der Waals surface area (Å²) in [6, 6.07) is 7.86. The fraction of sp³-hybridized carbons (Fsp3) is 0.476. The normalized spacial score (nSPS) is 14.2. The molecule has 0 unspecified atom stereocenters. The summed E-state index contributed by atoms with van der Waals surface area (Å²) in [6.45, 7) is 6.50. The first-order valence-electron chi connectivity index (χ1n) is 9.78. The van der Waals surface area contributed by atoms with Crippen molar-refractivity contribution in [1.82, 2.24) is 14.9 Å². The highest BCUT2D eigenvalue weighted by molar-refractivity contribution is 5.94. The third kappa shape index (κ3) is 4.70. The van der Waals surface area contributed by atoms with E-state index in [1.54, 1.807) is 12.0 Å². The lowest BCUT2D eigenvalue weighted by Crippen LogP contribution is -2.49. The van der Waals surface area contributed by atoms with Crippen LogP contribution >= 0.6 is 0 Å². The van der Waals surface area contributed by atoms with Crippen LogP contribution < -0.4 is 19.9 Å². The van der Waals surface area contributed by atoms with Crippen LogP contribution in [-0.2, 0) is 6.42 Å². The molecular weight excluding hydrogens is 372 g/mol. The average Bonchev–Trinajstić information content (AvgIpc) is 2.74. The highest BCUT2D eigenvalue weighted by atomic mass is 16.5. The minimum atomic E-state index is -0.334. The van der Waals surface area contributed by atoms with Gasteiger partial charge in [0, 0.05) is 31.9 Å². The Bertz CT molecular complexity index is 900. The Morgan fingerprint density at radius 1 is 1.10 bits per heavy atom. The minimum absolute atomic E-state index is 0.114. The monoisotopic (exact) mass is 400 g/mol. The van der Waals surface area contributed by atoms with Crippen LogP contribution in [0.25, 0.3) is 0 Å². The van der Waals surface area contributed by atoms with Crippen molar-refractivity contribution in [2.75, 3.05) is 45.3 Å². The molecule has 2 aromatic rings. The molecule has 1 aromatic carbocycles. The summed E-state index contributed by atoms with van der Waals surface area (Å²) in [7, 11) is 3.10. The molecule has 1 saturated heterocycles. The number of anilines is 1. The molecule has 0 aliphatic carbocycles. The van der Waals surface area contributed by atoms with E-state index < -0.39 is 0 Å². The van der Waals surface area contributed by atoms with Gasteiger partial charge in [-0.1, -0.05) is 13.8 Å². The Balaban J connectivity index is 1.71. The van der Waals surface area contributed by atoms with E-state index in [9.17, 15) is 9.59 Å². The van der Waals surface area contributed by atoms with Crippen LogP contribution in [0.15, 0.2) is 29.1 Å². The summed E-state index contributed by atoms with van der Waals surface area (Å²) < 4.78 is 10.5. The number of nitrogens with one attached hydrogen (secondary N) is 1. The van der Waals surface area contributed by atoms with Crippen molar-refractivity contribution in [3.05, 3.63) is 46.0 Å². The largest absolute Gasteiger partial charge is 0.497 e. The first-order chi connectivity index (χ1) is 13.9. The fourth-order valence-corrected chi connectivity index (χ4v) is 3.40. The number of nitrogens with zero attached hydrogens (tertiary/aromatic N) is 3. The van der Waals surface area contributed by atoms with E-state index in [1.807, 2.05) is 38.1 Å². The van der Waals surface area contributed by atoms with Crippen LogP contribution in [0.1, 0.15) is 30.0 Å². The zero-order valence-corrected chi connectivity index (χ0v) is 17.4. The lowest BCUT2D eigenvalue weighted by atomic mass is 10.1. The van der Waals surface area contributed by atoms with Gasteiger partial charge in [-0.05, 0) is 36.6 Å². The third-order valence-electron chi connectivity index (χ3n) is 4.96. The predicted molar refractivity (Wildman–Crippen MR) is 111 cm³/mol. The van der Waals surface area contributed by atoms with Gasteiger partial charge in [-0.3, -0.25) is 9.59 Å². The number of piperazine rings is 1. The Kier molecular flexibility index (Phi) is 6.41. The number of benzene rings is 1. The SMILES string of the molecule is COc1ccc(N2CCN(C(=O)c3[nH]c(=O)c(CC(C)C)nc3OC)CC2)cc1. The minimum Gasteiger partial charge on any atom is -0.497 e. The molecule has 1 aromatic heterocycles. The highest BCUT2D eigenvalue weighted by Gasteiger charge is 2.27. The van der Waals surface area contributed by atoms with Gasteiger partial charge in [-0.25, -0.2) is 4.98 Å². The van der Waals surface area contributed by atoms with Gasteiger partial charge in [0.25, 0.3) is 11.5 Å². The maximum atomic E-state index is 13.0. The van der Waals surface area contributed by atoms with Gasteiger partial charge in [-0.2, -0.15) is 0 Å². The molecule has 1 aliphatic heterocycles. The quantitative estimate of drug-likeness (QED) is 0.797. The third-order valence-corrected chi connectivity index (χ3v) is 4.96. The maximum absolute atomic E-state index is 13.0. The number of H-pyrrole nitrogens is 1. The van der Waals surface area contributed by atoms with Crippen molar-refractivity contribution >= 4 is 11.6 Å². The maximum Gasteiger partial charge on any atom is 0.276 e. The van der Waals surface area contributed by atoms with Crippen LogP contribution in [-0.4, -0.2) is 61.2 Å². The number of amides is 1. The van der Waals surface area contributed by atoms with Crippen molar-refractivity contribution in [3.63, 3.8) is 0 Å². The molecule has 2 heterocycles. The van der Waals surface area contributed by atoms with E-state index in [-0.39, 0.29) is 29.0 Å². The molecule has 1 aliphatic rings. The standard InChI is InChI=1S/C21H28N4O4/c1-14(2)13-17-19(26)23-18(20(22-17)29-4)21(27)25-11-9-24(10-12-25)15-5-7-16(28-3)8-6-15/h5-8,14H,9-13H2,1-4H3,(H,23,26). The molecule has 1 amide bonds. The molecule has 1 fully saturated rings. The first kappa shape index (κ1) is 20.7. The van der Waals surface area contributed by atoms with E-state index in [1.165, 1.54) is 7.11 Å². The van der Waals surface area contributed by atoms with Crippen molar-refractivity contribution in [1.29, 1.82) is 0 Å². The molecule has 0 spiro atoms. The number of methoxy groups -OCH3 is 2. The van der Waals surface area contributed by atoms with Crippen LogP contribution in [0.3, 0.4) is 0 Å². The van der Waals surface area contributed by atoms with Crippen LogP contribution in [0.4, 0.5) is 5.69 Å². The average molecular weight is 400 g/mol. The first-order valence-corrected chi connectivity index (χ1v) is 9.78. The number of carbonyl (C=O) groups is 1. The number of aromatic amines is 1. The fourth-order valence-electron chi connectivity index (χ4n) is 3.40. The summed E-state index contributed by atoms with van der Waals surface area (Å²) >= 11 is 0. The molecule has 8 heteroatoms. The van der Waals surface area contributed by atoms with Crippen LogP contribution in [0.5, 0.6) is 11.6 Å². The lowest BCUT2D eigenvalue weighted by molar-refractivity contribution is 0.0735. The van der Waals surface area contributed by atoms with E-state index in [2.05, 4.69) is 14.9 Å². The Labute approximate surface area is 170 Å². The molecule has 0 atom stereocenters. The van der Waals surface area contributed by atoms with E-state index >= 15 is 0 Å². The molecule has 1 N–H and O–H groups in total. The van der Waals surface area contributed by atoms with Crippen LogP contribution in [0, 0.1) is 5.92 Å². The molecule has 8 nitrogen and oxygen atoms in total. The predicted octanol–water partition coefficient (Wildman–Crippen LogP) is 1.95. The Morgan fingerprint density at radius 2 is 1.76 bits per heavy atom. The molecule has 0 bridgehead atoms. The Morgan fingerprint density at radius 3 is 2.31 bits per heavy atom. The van der Waals surface area contributed by atoms with E-state index in [4.69, 9.17) is 9.47 Å². The van der Waals surface area contributed by atoms with E-state index in [0.29, 0.717) is 38.3 Å². The summed E-state index contributed by atoms with van der Waals surface area (Å²) in [4.78, 5) is 36.3. The number of carbonyl (C=O) groups excluding carboxylic acids is 1. The van der Waals surface area contributed by atoms with Gasteiger partial charge >= 0.3 is 0 Å². The van der Waals surface area contributed by atoms with Crippen molar-refractivity contribution in [2.45, 2.75) is 20.3 Å². The van der Waals surface area contributed by atoms with Crippen molar-refractivity contribution < 1.29 is 14.3 Å². The molecule has 0 saturated carbocycles. The second kappa shape index (κ2) is 8.98. The summed E-state index contributed by atoms with van der Waals surface area (Å²) in [6.07, 6.45) is 0.528. The number of aromatic nitrogens is 2. The number of ether oxygens (including phenoxy) is 2. The number of rotatable bonds is 6. The van der Waals surface area contributed by atoms with Crippen LogP contribution in [0.2, 0.25) is 0 Å². The zero-order chi connectivity index (χ0) is 21.0. The zero-order valence-electron chi connectivity index (χ0n) is 17.4. The van der Waals surface area contributed by atoms with Gasteiger partial charge in [0.1, 0.15) is 11.4 Å². The van der Waals surface area contributed by atoms with Gasteiger partial charge < -0.3 is 24.3 Å². The topological polar surface area (TPSA) is 87.8 Å². The Hall–Kier alpha value is -3.03. The number of hydrogen-bond acceptors (Lipinski definition) is 6. The smallest absolute Gasteiger partial charge is 0.276 e. The summed E-state index contributed by atoms with van der Waals surface area (Å²) in [5.41, 5.74) is 1.25. The highest BCUT2D eigenvalue weighted by Crippen LogP contribution is 2.22.